The van der Waals surface area contributed by atoms with Crippen molar-refractivity contribution < 1.29 is 4.79 Å². The van der Waals surface area contributed by atoms with Crippen LogP contribution in [0.5, 0.6) is 0 Å². The summed E-state index contributed by atoms with van der Waals surface area (Å²) >= 11 is 1.50. The second kappa shape index (κ2) is 7.73. The lowest BCUT2D eigenvalue weighted by molar-refractivity contribution is -0.124. The van der Waals surface area contributed by atoms with E-state index in [9.17, 15) is 9.59 Å². The second-order valence-electron chi connectivity index (χ2n) is 9.20. The first-order valence-electron chi connectivity index (χ1n) is 10.6. The minimum Gasteiger partial charge on any atom is -0.343 e. The van der Waals surface area contributed by atoms with E-state index in [1.165, 1.54) is 17.3 Å². The van der Waals surface area contributed by atoms with Gasteiger partial charge in [0.15, 0.2) is 5.16 Å². The van der Waals surface area contributed by atoms with Crippen molar-refractivity contribution in [1.82, 2.24) is 9.97 Å². The number of rotatable bonds is 4. The number of nitrogens with zero attached hydrogens (tertiary/aromatic N) is 1. The largest absolute Gasteiger partial charge is 0.343 e. The van der Waals surface area contributed by atoms with E-state index in [2.05, 4.69) is 68.3 Å². The van der Waals surface area contributed by atoms with Gasteiger partial charge in [-0.1, -0.05) is 76.7 Å². The van der Waals surface area contributed by atoms with Crippen molar-refractivity contribution in [2.75, 3.05) is 11.1 Å². The number of carbonyl (C=O) groups excluding carboxylic acids is 1. The van der Waals surface area contributed by atoms with Crippen LogP contribution in [0.25, 0.3) is 0 Å². The van der Waals surface area contributed by atoms with Crippen LogP contribution in [0.1, 0.15) is 69.6 Å². The molecule has 0 unspecified atom stereocenters. The molecule has 0 bridgehead atoms. The Morgan fingerprint density at radius 1 is 1.17 bits per heavy atom. The molecule has 0 saturated heterocycles. The highest BCUT2D eigenvalue weighted by Gasteiger charge is 2.45. The number of allylic oxidation sites excluding steroid dienone is 2. The molecule has 0 radical (unpaired) electrons. The van der Waals surface area contributed by atoms with E-state index < -0.39 is 0 Å². The fourth-order valence-electron chi connectivity index (χ4n) is 4.57. The number of H-pyrrole nitrogens is 1. The number of anilines is 1. The topological polar surface area (TPSA) is 74.8 Å². The molecule has 30 heavy (non-hydrogen) atoms. The van der Waals surface area contributed by atoms with Crippen molar-refractivity contribution in [3.8, 4) is 0 Å². The third-order valence-corrected chi connectivity index (χ3v) is 6.70. The zero-order valence-corrected chi connectivity index (χ0v) is 19.0. The molecular weight excluding hydrogens is 394 g/mol. The van der Waals surface area contributed by atoms with Gasteiger partial charge in [0.05, 0.1) is 11.5 Å². The summed E-state index contributed by atoms with van der Waals surface area (Å²) < 4.78 is 0. The Bertz CT molecular complexity index is 1070. The molecule has 1 aliphatic heterocycles. The van der Waals surface area contributed by atoms with E-state index in [0.717, 1.165) is 17.0 Å². The third kappa shape index (κ3) is 3.73. The summed E-state index contributed by atoms with van der Waals surface area (Å²) in [7, 11) is 0. The first kappa shape index (κ1) is 20.9. The van der Waals surface area contributed by atoms with E-state index in [0.29, 0.717) is 28.9 Å². The fraction of sp³-hybridized carbons (Fsp3) is 0.458. The first-order valence-corrected chi connectivity index (χ1v) is 11.6. The lowest BCUT2D eigenvalue weighted by Gasteiger charge is -2.40. The molecule has 6 heteroatoms. The number of thioether (sulfide) groups is 1. The highest BCUT2D eigenvalue weighted by Crippen LogP contribution is 2.48. The van der Waals surface area contributed by atoms with E-state index in [1.54, 1.807) is 0 Å². The minimum atomic E-state index is -0.386. The standard InChI is InChI=1S/C24H29N3O2S/c1-6-30-23-26-21-20(22(29)27-23)18(15-9-7-14(8-10-15)13(2)3)19-16(25-21)11-24(4,5)12-17(19)28/h7-11,13,18-19H,6,12H2,1-5H3,(H2,25,26,27,29)/t18-,19-/m0/s1. The van der Waals surface area contributed by atoms with Crippen LogP contribution in [0.2, 0.25) is 0 Å². The first-order chi connectivity index (χ1) is 14.2. The quantitative estimate of drug-likeness (QED) is 0.531. The van der Waals surface area contributed by atoms with Crippen molar-refractivity contribution >= 4 is 23.4 Å². The molecule has 1 aromatic carbocycles. The Morgan fingerprint density at radius 2 is 1.87 bits per heavy atom. The number of ketones is 1. The van der Waals surface area contributed by atoms with Gasteiger partial charge in [-0.3, -0.25) is 9.59 Å². The summed E-state index contributed by atoms with van der Waals surface area (Å²) in [5.74, 6) is 1.25. The van der Waals surface area contributed by atoms with Crippen LogP contribution < -0.4 is 10.9 Å². The SMILES string of the molecule is CCSc1nc2c(c(=O)[nH]1)[C@@H](c1ccc(C(C)C)cc1)[C@@H]1C(=O)CC(C)(C)C=C1N2. The molecule has 0 spiro atoms. The molecule has 2 heterocycles. The maximum Gasteiger partial charge on any atom is 0.257 e. The van der Waals surface area contributed by atoms with Gasteiger partial charge in [0.1, 0.15) is 11.6 Å². The van der Waals surface area contributed by atoms with Crippen molar-refractivity contribution in [1.29, 1.82) is 0 Å². The van der Waals surface area contributed by atoms with Gasteiger partial charge in [-0.25, -0.2) is 4.98 Å². The van der Waals surface area contributed by atoms with Crippen molar-refractivity contribution in [2.45, 2.75) is 58.0 Å². The predicted molar refractivity (Wildman–Crippen MR) is 122 cm³/mol. The number of nitrogens with one attached hydrogen (secondary N) is 2. The Hall–Kier alpha value is -2.34. The summed E-state index contributed by atoms with van der Waals surface area (Å²) in [5.41, 5.74) is 3.26. The lowest BCUT2D eigenvalue weighted by Crippen LogP contribution is -2.41. The summed E-state index contributed by atoms with van der Waals surface area (Å²) in [5, 5.41) is 3.95. The van der Waals surface area contributed by atoms with Gasteiger partial charge in [-0.05, 0) is 28.2 Å². The number of aromatic amines is 1. The molecule has 158 valence electrons. The van der Waals surface area contributed by atoms with Crippen LogP contribution in [-0.2, 0) is 4.79 Å². The van der Waals surface area contributed by atoms with Gasteiger partial charge in [-0.15, -0.1) is 0 Å². The van der Waals surface area contributed by atoms with Gasteiger partial charge < -0.3 is 10.3 Å². The summed E-state index contributed by atoms with van der Waals surface area (Å²) in [4.78, 5) is 34.0. The lowest BCUT2D eigenvalue weighted by atomic mass is 9.67. The number of fused-ring (bicyclic) bond motifs is 2. The van der Waals surface area contributed by atoms with Gasteiger partial charge in [0.2, 0.25) is 0 Å². The van der Waals surface area contributed by atoms with Crippen molar-refractivity contribution in [3.63, 3.8) is 0 Å². The van der Waals surface area contributed by atoms with Crippen LogP contribution in [-0.4, -0.2) is 21.5 Å². The molecule has 2 aliphatic rings. The van der Waals surface area contributed by atoms with E-state index in [4.69, 9.17) is 4.98 Å². The molecule has 0 amide bonds. The minimum absolute atomic E-state index is 0.167. The Balaban J connectivity index is 1.92. The summed E-state index contributed by atoms with van der Waals surface area (Å²) in [6.07, 6.45) is 2.61. The van der Waals surface area contributed by atoms with Gasteiger partial charge >= 0.3 is 0 Å². The molecule has 4 rings (SSSR count). The number of carbonyl (C=O) groups is 1. The molecule has 1 aliphatic carbocycles. The van der Waals surface area contributed by atoms with Crippen LogP contribution in [0, 0.1) is 11.3 Å². The Labute approximate surface area is 181 Å². The predicted octanol–water partition coefficient (Wildman–Crippen LogP) is 5.06. The Morgan fingerprint density at radius 3 is 2.50 bits per heavy atom. The zero-order valence-electron chi connectivity index (χ0n) is 18.2. The highest BCUT2D eigenvalue weighted by atomic mass is 32.2. The zero-order chi connectivity index (χ0) is 21.6. The molecule has 0 fully saturated rings. The fourth-order valence-corrected chi connectivity index (χ4v) is 5.17. The second-order valence-corrected chi connectivity index (χ2v) is 10.5. The van der Waals surface area contributed by atoms with Gasteiger partial charge in [0.25, 0.3) is 5.56 Å². The third-order valence-electron chi connectivity index (χ3n) is 5.94. The average Bonchev–Trinajstić information content (AvgIpc) is 2.65. The van der Waals surface area contributed by atoms with Crippen molar-refractivity contribution in [3.05, 3.63) is 63.1 Å². The maximum absolute atomic E-state index is 13.3. The molecular formula is C24H29N3O2S. The highest BCUT2D eigenvalue weighted by molar-refractivity contribution is 7.99. The molecule has 1 aromatic heterocycles. The van der Waals surface area contributed by atoms with E-state index in [-0.39, 0.29) is 28.6 Å². The number of Topliss-reactive ketones (excluding diaryl/α,β-unsaturated/α-hetero) is 1. The maximum atomic E-state index is 13.3. The smallest absolute Gasteiger partial charge is 0.257 e. The number of hydrogen-bond acceptors (Lipinski definition) is 5. The molecule has 2 atom stereocenters. The van der Waals surface area contributed by atoms with Crippen LogP contribution in [0.3, 0.4) is 0 Å². The molecule has 2 N–H and O–H groups in total. The van der Waals surface area contributed by atoms with Crippen LogP contribution >= 0.6 is 11.8 Å². The van der Waals surface area contributed by atoms with E-state index in [1.807, 2.05) is 6.92 Å². The van der Waals surface area contributed by atoms with Gasteiger partial charge in [0, 0.05) is 18.0 Å². The van der Waals surface area contributed by atoms with E-state index >= 15 is 0 Å². The average molecular weight is 424 g/mol. The normalized spacial score (nSPS) is 22.2. The summed E-state index contributed by atoms with van der Waals surface area (Å²) in [6, 6.07) is 8.33. The number of aromatic nitrogens is 2. The van der Waals surface area contributed by atoms with Crippen molar-refractivity contribution in [2.24, 2.45) is 11.3 Å². The number of benzene rings is 1. The molecule has 5 nitrogen and oxygen atoms in total. The Kier molecular flexibility index (Phi) is 5.39. The van der Waals surface area contributed by atoms with Crippen LogP contribution in [0.15, 0.2) is 46.0 Å². The number of hydrogen-bond donors (Lipinski definition) is 2. The summed E-state index contributed by atoms with van der Waals surface area (Å²) in [6.45, 7) is 10.5. The monoisotopic (exact) mass is 423 g/mol. The molecule has 2 aromatic rings. The van der Waals surface area contributed by atoms with Gasteiger partial charge in [-0.2, -0.15) is 0 Å². The molecule has 0 saturated carbocycles. The van der Waals surface area contributed by atoms with Crippen LogP contribution in [0.4, 0.5) is 5.82 Å².